The van der Waals surface area contributed by atoms with Gasteiger partial charge in [0.1, 0.15) is 0 Å². The highest BCUT2D eigenvalue weighted by Gasteiger charge is 2.32. The first kappa shape index (κ1) is 18.9. The first-order chi connectivity index (χ1) is 11.2. The molecule has 6 nitrogen and oxygen atoms in total. The van der Waals surface area contributed by atoms with E-state index in [1.54, 1.807) is 12.1 Å². The Morgan fingerprint density at radius 3 is 2.29 bits per heavy atom. The lowest BCUT2D eigenvalue weighted by Crippen LogP contribution is -2.48. The predicted octanol–water partition coefficient (Wildman–Crippen LogP) is 2.01. The van der Waals surface area contributed by atoms with Crippen molar-refractivity contribution in [1.82, 2.24) is 9.62 Å². The fourth-order valence-electron chi connectivity index (χ4n) is 2.66. The number of rotatable bonds is 5. The van der Waals surface area contributed by atoms with Gasteiger partial charge in [0.2, 0.25) is 10.0 Å². The first-order valence-electron chi connectivity index (χ1n) is 8.30. The van der Waals surface area contributed by atoms with Crippen LogP contribution in [0.4, 0.5) is 0 Å². The molecule has 0 radical (unpaired) electrons. The Kier molecular flexibility index (Phi) is 6.01. The summed E-state index contributed by atoms with van der Waals surface area (Å²) < 4.78 is 32.5. The molecule has 1 saturated heterocycles. The highest BCUT2D eigenvalue weighted by atomic mass is 32.2. The molecule has 2 rings (SSSR count). The van der Waals surface area contributed by atoms with Crippen molar-refractivity contribution in [2.45, 2.75) is 57.3 Å². The molecular formula is C17H26N2O4S. The van der Waals surface area contributed by atoms with Gasteiger partial charge in [0.15, 0.2) is 0 Å². The number of nitrogens with one attached hydrogen (secondary N) is 1. The maximum absolute atomic E-state index is 12.8. The smallest absolute Gasteiger partial charge is 0.251 e. The SMILES string of the molecule is CCC(C)NC(=O)c1ccc(S(=O)(=O)N2CC(C)OC(C)C2)cc1. The third-order valence-corrected chi connectivity index (χ3v) is 5.98. The lowest BCUT2D eigenvalue weighted by Gasteiger charge is -2.34. The maximum atomic E-state index is 12.8. The fourth-order valence-corrected chi connectivity index (χ4v) is 4.25. The fraction of sp³-hybridized carbons (Fsp3) is 0.588. The Morgan fingerprint density at radius 2 is 1.79 bits per heavy atom. The summed E-state index contributed by atoms with van der Waals surface area (Å²) in [6.45, 7) is 8.31. The number of morpholine rings is 1. The lowest BCUT2D eigenvalue weighted by atomic mass is 10.2. The maximum Gasteiger partial charge on any atom is 0.251 e. The number of carbonyl (C=O) groups is 1. The van der Waals surface area contributed by atoms with Crippen LogP contribution in [-0.4, -0.2) is 50.0 Å². The van der Waals surface area contributed by atoms with E-state index in [2.05, 4.69) is 5.32 Å². The molecule has 1 amide bonds. The molecule has 1 heterocycles. The minimum absolute atomic E-state index is 0.0808. The van der Waals surface area contributed by atoms with Crippen LogP contribution in [0.25, 0.3) is 0 Å². The zero-order valence-corrected chi connectivity index (χ0v) is 15.5. The van der Waals surface area contributed by atoms with Gasteiger partial charge in [-0.2, -0.15) is 4.31 Å². The molecule has 1 aliphatic heterocycles. The molecular weight excluding hydrogens is 328 g/mol. The van der Waals surface area contributed by atoms with E-state index in [0.29, 0.717) is 18.7 Å². The van der Waals surface area contributed by atoms with E-state index in [0.717, 1.165) is 6.42 Å². The molecule has 0 aromatic heterocycles. The summed E-state index contributed by atoms with van der Waals surface area (Å²) in [6.07, 6.45) is 0.569. The van der Waals surface area contributed by atoms with Crippen LogP contribution in [0.15, 0.2) is 29.2 Å². The van der Waals surface area contributed by atoms with Gasteiger partial charge in [-0.15, -0.1) is 0 Å². The van der Waals surface area contributed by atoms with Crippen molar-refractivity contribution in [3.63, 3.8) is 0 Å². The average Bonchev–Trinajstić information content (AvgIpc) is 2.53. The van der Waals surface area contributed by atoms with Crippen molar-refractivity contribution >= 4 is 15.9 Å². The molecule has 0 bridgehead atoms. The quantitative estimate of drug-likeness (QED) is 0.878. The summed E-state index contributed by atoms with van der Waals surface area (Å²) in [5.74, 6) is -0.193. The number of hydrogen-bond donors (Lipinski definition) is 1. The van der Waals surface area contributed by atoms with E-state index in [1.165, 1.54) is 16.4 Å². The van der Waals surface area contributed by atoms with Crippen molar-refractivity contribution < 1.29 is 17.9 Å². The summed E-state index contributed by atoms with van der Waals surface area (Å²) in [5, 5.41) is 2.86. The molecule has 1 N–H and O–H groups in total. The minimum Gasteiger partial charge on any atom is -0.373 e. The van der Waals surface area contributed by atoms with E-state index in [4.69, 9.17) is 4.74 Å². The van der Waals surface area contributed by atoms with E-state index in [1.807, 2.05) is 27.7 Å². The van der Waals surface area contributed by atoms with Gasteiger partial charge in [0.25, 0.3) is 5.91 Å². The number of amides is 1. The molecule has 3 atom stereocenters. The third kappa shape index (κ3) is 4.34. The number of carbonyl (C=O) groups excluding carboxylic acids is 1. The molecule has 0 saturated carbocycles. The van der Waals surface area contributed by atoms with E-state index in [9.17, 15) is 13.2 Å². The Labute approximate surface area is 144 Å². The molecule has 24 heavy (non-hydrogen) atoms. The Balaban J connectivity index is 2.16. The predicted molar refractivity (Wildman–Crippen MR) is 92.4 cm³/mol. The zero-order valence-electron chi connectivity index (χ0n) is 14.7. The highest BCUT2D eigenvalue weighted by molar-refractivity contribution is 7.89. The minimum atomic E-state index is -3.58. The second-order valence-corrected chi connectivity index (χ2v) is 8.32. The summed E-state index contributed by atoms with van der Waals surface area (Å²) in [7, 11) is -3.58. The van der Waals surface area contributed by atoms with Crippen molar-refractivity contribution in [3.05, 3.63) is 29.8 Å². The van der Waals surface area contributed by atoms with E-state index < -0.39 is 10.0 Å². The van der Waals surface area contributed by atoms with Gasteiger partial charge in [0.05, 0.1) is 17.1 Å². The second-order valence-electron chi connectivity index (χ2n) is 6.39. The van der Waals surface area contributed by atoms with Crippen LogP contribution in [0.1, 0.15) is 44.5 Å². The van der Waals surface area contributed by atoms with Crippen LogP contribution in [0.5, 0.6) is 0 Å². The monoisotopic (exact) mass is 354 g/mol. The Hall–Kier alpha value is -1.44. The topological polar surface area (TPSA) is 75.7 Å². The number of hydrogen-bond acceptors (Lipinski definition) is 4. The van der Waals surface area contributed by atoms with Crippen LogP contribution >= 0.6 is 0 Å². The molecule has 1 aromatic carbocycles. The van der Waals surface area contributed by atoms with Crippen molar-refractivity contribution in [1.29, 1.82) is 0 Å². The van der Waals surface area contributed by atoms with Crippen LogP contribution in [0.3, 0.4) is 0 Å². The van der Waals surface area contributed by atoms with Gasteiger partial charge in [0, 0.05) is 24.7 Å². The average molecular weight is 354 g/mol. The molecule has 134 valence electrons. The normalized spacial score (nSPS) is 23.7. The molecule has 3 unspecified atom stereocenters. The molecule has 0 spiro atoms. The Morgan fingerprint density at radius 1 is 1.25 bits per heavy atom. The van der Waals surface area contributed by atoms with Gasteiger partial charge in [-0.05, 0) is 51.5 Å². The van der Waals surface area contributed by atoms with Gasteiger partial charge < -0.3 is 10.1 Å². The molecule has 1 aliphatic rings. The van der Waals surface area contributed by atoms with Crippen molar-refractivity contribution in [2.24, 2.45) is 0 Å². The van der Waals surface area contributed by atoms with Crippen molar-refractivity contribution in [2.75, 3.05) is 13.1 Å². The highest BCUT2D eigenvalue weighted by Crippen LogP contribution is 2.21. The van der Waals surface area contributed by atoms with Gasteiger partial charge in [-0.3, -0.25) is 4.79 Å². The number of ether oxygens (including phenoxy) is 1. The van der Waals surface area contributed by atoms with Crippen molar-refractivity contribution in [3.8, 4) is 0 Å². The lowest BCUT2D eigenvalue weighted by molar-refractivity contribution is -0.0440. The van der Waals surface area contributed by atoms with Crippen LogP contribution < -0.4 is 5.32 Å². The molecule has 0 aliphatic carbocycles. The van der Waals surface area contributed by atoms with Gasteiger partial charge in [-0.1, -0.05) is 6.92 Å². The third-order valence-electron chi connectivity index (χ3n) is 4.13. The standard InChI is InChI=1S/C17H26N2O4S/c1-5-12(2)18-17(20)15-6-8-16(9-7-15)24(21,22)19-10-13(3)23-14(4)11-19/h6-9,12-14H,5,10-11H2,1-4H3,(H,18,20). The summed E-state index contributed by atoms with van der Waals surface area (Å²) in [6, 6.07) is 6.17. The first-order valence-corrected chi connectivity index (χ1v) is 9.74. The molecule has 7 heteroatoms. The Bertz CT molecular complexity index is 662. The number of sulfonamides is 1. The van der Waals surface area contributed by atoms with Crippen LogP contribution in [-0.2, 0) is 14.8 Å². The number of benzene rings is 1. The van der Waals surface area contributed by atoms with E-state index in [-0.39, 0.29) is 29.1 Å². The summed E-state index contributed by atoms with van der Waals surface area (Å²) >= 11 is 0. The molecule has 1 fully saturated rings. The zero-order chi connectivity index (χ0) is 17.9. The summed E-state index contributed by atoms with van der Waals surface area (Å²) in [4.78, 5) is 12.3. The van der Waals surface area contributed by atoms with Gasteiger partial charge >= 0.3 is 0 Å². The van der Waals surface area contributed by atoms with E-state index >= 15 is 0 Å². The molecule has 1 aromatic rings. The second kappa shape index (κ2) is 7.63. The van der Waals surface area contributed by atoms with Gasteiger partial charge in [-0.25, -0.2) is 8.42 Å². The summed E-state index contributed by atoms with van der Waals surface area (Å²) in [5.41, 5.74) is 0.456. The van der Waals surface area contributed by atoms with Crippen LogP contribution in [0.2, 0.25) is 0 Å². The number of nitrogens with zero attached hydrogens (tertiary/aromatic N) is 1. The van der Waals surface area contributed by atoms with Crippen LogP contribution in [0, 0.1) is 0 Å². The largest absolute Gasteiger partial charge is 0.373 e.